The van der Waals surface area contributed by atoms with Crippen molar-refractivity contribution < 1.29 is 4.74 Å². The molecule has 0 aliphatic rings. The van der Waals surface area contributed by atoms with Crippen LogP contribution in [0.1, 0.15) is 19.4 Å². The fourth-order valence-corrected chi connectivity index (χ4v) is 3.05. The number of aromatic nitrogens is 2. The van der Waals surface area contributed by atoms with Gasteiger partial charge in [0.25, 0.3) is 0 Å². The van der Waals surface area contributed by atoms with Crippen molar-refractivity contribution in [1.29, 1.82) is 0 Å². The van der Waals surface area contributed by atoms with Gasteiger partial charge in [-0.3, -0.25) is 0 Å². The van der Waals surface area contributed by atoms with Crippen molar-refractivity contribution >= 4 is 23.0 Å². The highest BCUT2D eigenvalue weighted by Crippen LogP contribution is 2.22. The molecule has 0 aliphatic carbocycles. The monoisotopic (exact) mass is 377 g/mol. The maximum absolute atomic E-state index is 5.39. The van der Waals surface area contributed by atoms with E-state index in [0.717, 1.165) is 41.7 Å². The number of benzene rings is 2. The zero-order valence-corrected chi connectivity index (χ0v) is 16.6. The highest BCUT2D eigenvalue weighted by atomic mass is 16.5. The van der Waals surface area contributed by atoms with Crippen LogP contribution in [0.3, 0.4) is 0 Å². The molecule has 0 saturated heterocycles. The second-order valence-corrected chi connectivity index (χ2v) is 6.30. The predicted octanol–water partition coefficient (Wildman–Crippen LogP) is 4.69. The van der Waals surface area contributed by atoms with Gasteiger partial charge in [-0.2, -0.15) is 0 Å². The summed E-state index contributed by atoms with van der Waals surface area (Å²) in [4.78, 5) is 10.9. The minimum atomic E-state index is 0.624. The molecule has 0 spiro atoms. The topological polar surface area (TPSA) is 62.3 Å². The highest BCUT2D eigenvalue weighted by Gasteiger charge is 2.05. The van der Waals surface area contributed by atoms with Crippen LogP contribution in [0.15, 0.2) is 60.9 Å². The third kappa shape index (κ3) is 4.91. The van der Waals surface area contributed by atoms with E-state index in [2.05, 4.69) is 63.6 Å². The molecule has 0 atom stereocenters. The van der Waals surface area contributed by atoms with E-state index < -0.39 is 0 Å². The number of anilines is 4. The molecule has 6 heteroatoms. The van der Waals surface area contributed by atoms with E-state index in [0.29, 0.717) is 6.54 Å². The molecule has 0 bridgehead atoms. The lowest BCUT2D eigenvalue weighted by atomic mass is 10.2. The van der Waals surface area contributed by atoms with Crippen LogP contribution in [-0.2, 0) is 6.54 Å². The Hall–Kier alpha value is -3.28. The van der Waals surface area contributed by atoms with Gasteiger partial charge in [0.05, 0.1) is 7.11 Å². The maximum atomic E-state index is 5.39. The number of hydrogen-bond acceptors (Lipinski definition) is 6. The molecule has 0 aliphatic heterocycles. The van der Waals surface area contributed by atoms with Crippen molar-refractivity contribution in [3.05, 3.63) is 66.5 Å². The SMILES string of the molecule is CCN(CC)c1ccc(Nc2cc(NCc3ccccc3OC)ncn2)cc1. The summed E-state index contributed by atoms with van der Waals surface area (Å²) < 4.78 is 5.39. The van der Waals surface area contributed by atoms with Crippen LogP contribution < -0.4 is 20.3 Å². The molecule has 0 fully saturated rings. The van der Waals surface area contributed by atoms with E-state index in [1.165, 1.54) is 5.69 Å². The van der Waals surface area contributed by atoms with Crippen LogP contribution in [0, 0.1) is 0 Å². The smallest absolute Gasteiger partial charge is 0.135 e. The van der Waals surface area contributed by atoms with Gasteiger partial charge in [-0.1, -0.05) is 18.2 Å². The Balaban J connectivity index is 1.65. The van der Waals surface area contributed by atoms with E-state index in [-0.39, 0.29) is 0 Å². The van der Waals surface area contributed by atoms with Crippen LogP contribution in [0.5, 0.6) is 5.75 Å². The molecule has 1 aromatic heterocycles. The minimum Gasteiger partial charge on any atom is -0.496 e. The summed E-state index contributed by atoms with van der Waals surface area (Å²) in [5, 5.41) is 6.66. The van der Waals surface area contributed by atoms with Crippen LogP contribution in [0.2, 0.25) is 0 Å². The Labute approximate surface area is 166 Å². The van der Waals surface area contributed by atoms with Crippen LogP contribution in [0.25, 0.3) is 0 Å². The summed E-state index contributed by atoms with van der Waals surface area (Å²) >= 11 is 0. The van der Waals surface area contributed by atoms with E-state index in [1.54, 1.807) is 13.4 Å². The van der Waals surface area contributed by atoms with E-state index in [4.69, 9.17) is 4.74 Å². The van der Waals surface area contributed by atoms with Crippen molar-refractivity contribution in [2.75, 3.05) is 35.7 Å². The molecule has 28 heavy (non-hydrogen) atoms. The second-order valence-electron chi connectivity index (χ2n) is 6.30. The fourth-order valence-electron chi connectivity index (χ4n) is 3.05. The summed E-state index contributed by atoms with van der Waals surface area (Å²) in [6.45, 7) is 6.94. The van der Waals surface area contributed by atoms with Crippen LogP contribution in [0.4, 0.5) is 23.0 Å². The second kappa shape index (κ2) is 9.60. The van der Waals surface area contributed by atoms with Crippen molar-refractivity contribution in [1.82, 2.24) is 9.97 Å². The number of ether oxygens (including phenoxy) is 1. The highest BCUT2D eigenvalue weighted by molar-refractivity contribution is 5.62. The van der Waals surface area contributed by atoms with Gasteiger partial charge < -0.3 is 20.3 Å². The molecular weight excluding hydrogens is 350 g/mol. The number of nitrogens with one attached hydrogen (secondary N) is 2. The normalized spacial score (nSPS) is 10.4. The lowest BCUT2D eigenvalue weighted by molar-refractivity contribution is 0.410. The maximum Gasteiger partial charge on any atom is 0.135 e. The lowest BCUT2D eigenvalue weighted by Gasteiger charge is -2.21. The van der Waals surface area contributed by atoms with E-state index in [1.807, 2.05) is 30.3 Å². The predicted molar refractivity (Wildman–Crippen MR) is 116 cm³/mol. The van der Waals surface area contributed by atoms with E-state index in [9.17, 15) is 0 Å². The van der Waals surface area contributed by atoms with Crippen molar-refractivity contribution in [2.45, 2.75) is 20.4 Å². The van der Waals surface area contributed by atoms with Gasteiger partial charge in [-0.25, -0.2) is 9.97 Å². The molecule has 3 aromatic rings. The standard InChI is InChI=1S/C22H27N5O/c1-4-27(5-2)19-12-10-18(11-13-19)26-22-14-21(24-16-25-22)23-15-17-8-6-7-9-20(17)28-3/h6-14,16H,4-5,15H2,1-3H3,(H2,23,24,25,26). The van der Waals surface area contributed by atoms with Crippen molar-refractivity contribution in [2.24, 2.45) is 0 Å². The molecule has 1 heterocycles. The Morgan fingerprint density at radius 3 is 2.36 bits per heavy atom. The first-order valence-corrected chi connectivity index (χ1v) is 9.53. The first-order valence-electron chi connectivity index (χ1n) is 9.53. The summed E-state index contributed by atoms with van der Waals surface area (Å²) in [5.74, 6) is 2.35. The first-order chi connectivity index (χ1) is 13.7. The van der Waals surface area contributed by atoms with Gasteiger partial charge in [0, 0.05) is 42.6 Å². The Bertz CT molecular complexity index is 878. The average molecular weight is 377 g/mol. The number of rotatable bonds is 9. The molecule has 2 aromatic carbocycles. The molecule has 6 nitrogen and oxygen atoms in total. The summed E-state index contributed by atoms with van der Waals surface area (Å²) in [5.41, 5.74) is 3.28. The molecular formula is C22H27N5O. The average Bonchev–Trinajstić information content (AvgIpc) is 2.75. The van der Waals surface area contributed by atoms with Crippen LogP contribution >= 0.6 is 0 Å². The molecule has 3 rings (SSSR count). The molecule has 2 N–H and O–H groups in total. The largest absolute Gasteiger partial charge is 0.496 e. The van der Waals surface area contributed by atoms with Crippen molar-refractivity contribution in [3.63, 3.8) is 0 Å². The number of para-hydroxylation sites is 1. The van der Waals surface area contributed by atoms with Gasteiger partial charge in [0.15, 0.2) is 0 Å². The molecule has 0 amide bonds. The van der Waals surface area contributed by atoms with E-state index >= 15 is 0 Å². The fraction of sp³-hybridized carbons (Fsp3) is 0.273. The summed E-state index contributed by atoms with van der Waals surface area (Å²) in [7, 11) is 1.68. The Kier molecular flexibility index (Phi) is 6.68. The van der Waals surface area contributed by atoms with Gasteiger partial charge >= 0.3 is 0 Å². The summed E-state index contributed by atoms with van der Waals surface area (Å²) in [6, 6.07) is 18.2. The third-order valence-electron chi connectivity index (χ3n) is 4.59. The first kappa shape index (κ1) is 19.5. The van der Waals surface area contributed by atoms with Gasteiger partial charge in [-0.05, 0) is 44.2 Å². The van der Waals surface area contributed by atoms with Gasteiger partial charge in [0.2, 0.25) is 0 Å². The Morgan fingerprint density at radius 2 is 1.64 bits per heavy atom. The van der Waals surface area contributed by atoms with Crippen molar-refractivity contribution in [3.8, 4) is 5.75 Å². The lowest BCUT2D eigenvalue weighted by Crippen LogP contribution is -2.21. The molecule has 146 valence electrons. The third-order valence-corrected chi connectivity index (χ3v) is 4.59. The molecule has 0 unspecified atom stereocenters. The molecule has 0 radical (unpaired) electrons. The zero-order valence-electron chi connectivity index (χ0n) is 16.6. The van der Waals surface area contributed by atoms with Gasteiger partial charge in [0.1, 0.15) is 23.7 Å². The minimum absolute atomic E-state index is 0.624. The Morgan fingerprint density at radius 1 is 0.929 bits per heavy atom. The zero-order chi connectivity index (χ0) is 19.8. The number of methoxy groups -OCH3 is 1. The summed E-state index contributed by atoms with van der Waals surface area (Å²) in [6.07, 6.45) is 1.55. The number of hydrogen-bond donors (Lipinski definition) is 2. The van der Waals surface area contributed by atoms with Crippen LogP contribution in [-0.4, -0.2) is 30.2 Å². The van der Waals surface area contributed by atoms with Gasteiger partial charge in [-0.15, -0.1) is 0 Å². The number of nitrogens with zero attached hydrogens (tertiary/aromatic N) is 3. The quantitative estimate of drug-likeness (QED) is 0.564. The molecule has 0 saturated carbocycles.